The number of nitrogens with one attached hydrogen (secondary N) is 2. The average Bonchev–Trinajstić information content (AvgIpc) is 3.68. The van der Waals surface area contributed by atoms with Gasteiger partial charge in [-0.05, 0) is 12.1 Å². The largest absolute Gasteiger partial charge is 0.494 e. The van der Waals surface area contributed by atoms with Crippen LogP contribution in [-0.2, 0) is 20.9 Å². The monoisotopic (exact) mass is 576 g/mol. The van der Waals surface area contributed by atoms with Crippen molar-refractivity contribution >= 4 is 45.7 Å². The first-order valence-corrected chi connectivity index (χ1v) is 13.7. The van der Waals surface area contributed by atoms with E-state index in [-0.39, 0.29) is 43.7 Å². The molecule has 4 aromatic rings. The SMILES string of the molecule is CNC(=O)COCc1cnc(-c2ncc(OC)c3c(C(=O)C(=O)N4CCN(C(=O)c5ccccc5)CC4)c[nH]c23)s1. The van der Waals surface area contributed by atoms with Crippen LogP contribution in [0.5, 0.6) is 5.75 Å². The predicted molar refractivity (Wildman–Crippen MR) is 151 cm³/mol. The van der Waals surface area contributed by atoms with Gasteiger partial charge >= 0.3 is 0 Å². The quantitative estimate of drug-likeness (QED) is 0.228. The summed E-state index contributed by atoms with van der Waals surface area (Å²) in [5, 5.41) is 3.50. The zero-order valence-corrected chi connectivity index (χ0v) is 23.3. The number of thiazole rings is 1. The summed E-state index contributed by atoms with van der Waals surface area (Å²) in [5.41, 5.74) is 1.75. The van der Waals surface area contributed by atoms with Crippen LogP contribution in [0.15, 0.2) is 48.9 Å². The molecule has 212 valence electrons. The Bertz CT molecular complexity index is 1590. The number of piperazine rings is 1. The first-order chi connectivity index (χ1) is 19.9. The highest BCUT2D eigenvalue weighted by Gasteiger charge is 2.31. The number of pyridine rings is 1. The van der Waals surface area contributed by atoms with E-state index >= 15 is 0 Å². The average molecular weight is 577 g/mol. The molecule has 0 unspecified atom stereocenters. The molecule has 0 spiro atoms. The fourth-order valence-electron chi connectivity index (χ4n) is 4.55. The molecule has 0 saturated carbocycles. The Hall–Kier alpha value is -4.62. The lowest BCUT2D eigenvalue weighted by Gasteiger charge is -2.34. The summed E-state index contributed by atoms with van der Waals surface area (Å²) in [6.07, 6.45) is 4.61. The summed E-state index contributed by atoms with van der Waals surface area (Å²) in [5.74, 6) is -1.33. The number of amides is 3. The minimum Gasteiger partial charge on any atom is -0.494 e. The van der Waals surface area contributed by atoms with Crippen LogP contribution < -0.4 is 10.1 Å². The first kappa shape index (κ1) is 27.9. The number of aromatic nitrogens is 3. The van der Waals surface area contributed by atoms with Crippen molar-refractivity contribution in [1.29, 1.82) is 0 Å². The van der Waals surface area contributed by atoms with Gasteiger partial charge in [0.2, 0.25) is 5.91 Å². The molecule has 13 heteroatoms. The molecule has 41 heavy (non-hydrogen) atoms. The minimum absolute atomic E-state index is 0.0662. The third kappa shape index (κ3) is 5.81. The highest BCUT2D eigenvalue weighted by Crippen LogP contribution is 2.36. The zero-order valence-electron chi connectivity index (χ0n) is 22.5. The maximum absolute atomic E-state index is 13.4. The Kier molecular flexibility index (Phi) is 8.36. The van der Waals surface area contributed by atoms with Crippen LogP contribution in [0.2, 0.25) is 0 Å². The van der Waals surface area contributed by atoms with Gasteiger partial charge in [-0.25, -0.2) is 9.97 Å². The smallest absolute Gasteiger partial charge is 0.295 e. The standard InChI is InChI=1S/C28H28N6O6S/c1-29-21(35)16-40-15-18-12-32-26(41-18)24-23-22(20(39-2)14-31-24)19(13-30-23)25(36)28(38)34-10-8-33(9-11-34)27(37)17-6-4-3-5-7-17/h3-7,12-14,30H,8-11,15-16H2,1-2H3,(H,29,35). The molecule has 0 bridgehead atoms. The van der Waals surface area contributed by atoms with Gasteiger partial charge in [0.1, 0.15) is 23.1 Å². The normalized spacial score (nSPS) is 13.3. The van der Waals surface area contributed by atoms with Gasteiger partial charge in [-0.3, -0.25) is 19.2 Å². The Labute approximate surface area is 239 Å². The second-order valence-electron chi connectivity index (χ2n) is 9.20. The highest BCUT2D eigenvalue weighted by atomic mass is 32.1. The van der Waals surface area contributed by atoms with Crippen LogP contribution in [0.1, 0.15) is 25.6 Å². The molecule has 1 fully saturated rings. The van der Waals surface area contributed by atoms with Gasteiger partial charge in [0, 0.05) is 51.2 Å². The fourth-order valence-corrected chi connectivity index (χ4v) is 5.40. The number of carbonyl (C=O) groups is 4. The molecule has 3 aromatic heterocycles. The maximum atomic E-state index is 13.4. The summed E-state index contributed by atoms with van der Waals surface area (Å²) >= 11 is 1.34. The Balaban J connectivity index is 1.32. The van der Waals surface area contributed by atoms with Crippen LogP contribution in [0.4, 0.5) is 0 Å². The zero-order chi connectivity index (χ0) is 28.9. The lowest BCUT2D eigenvalue weighted by atomic mass is 10.1. The molecule has 4 heterocycles. The molecule has 0 radical (unpaired) electrons. The van der Waals surface area contributed by atoms with Crippen molar-refractivity contribution < 1.29 is 28.7 Å². The Morgan fingerprint density at radius 1 is 1.02 bits per heavy atom. The topological polar surface area (TPSA) is 147 Å². The molecule has 0 atom stereocenters. The van der Waals surface area contributed by atoms with Crippen LogP contribution >= 0.6 is 11.3 Å². The van der Waals surface area contributed by atoms with E-state index in [0.717, 1.165) is 4.88 Å². The van der Waals surface area contributed by atoms with Gasteiger partial charge in [-0.1, -0.05) is 18.2 Å². The van der Waals surface area contributed by atoms with E-state index < -0.39 is 11.7 Å². The van der Waals surface area contributed by atoms with Crippen molar-refractivity contribution in [1.82, 2.24) is 30.1 Å². The number of nitrogens with zero attached hydrogens (tertiary/aromatic N) is 4. The number of H-pyrrole nitrogens is 1. The van der Waals surface area contributed by atoms with E-state index in [1.54, 1.807) is 35.4 Å². The number of fused-ring (bicyclic) bond motifs is 1. The van der Waals surface area contributed by atoms with Gasteiger partial charge in [-0.15, -0.1) is 11.3 Å². The van der Waals surface area contributed by atoms with Crippen LogP contribution in [-0.4, -0.2) is 95.2 Å². The number of aromatic amines is 1. The molecule has 1 aliphatic rings. The number of ether oxygens (including phenoxy) is 2. The van der Waals surface area contributed by atoms with E-state index in [2.05, 4.69) is 20.3 Å². The number of Topliss-reactive ketones (excluding diaryl/α,β-unsaturated/α-hetero) is 1. The Morgan fingerprint density at radius 2 is 1.76 bits per heavy atom. The minimum atomic E-state index is -0.683. The number of ketones is 1. The number of rotatable bonds is 9. The Morgan fingerprint density at radius 3 is 2.46 bits per heavy atom. The van der Waals surface area contributed by atoms with Crippen LogP contribution in [0.25, 0.3) is 21.6 Å². The summed E-state index contributed by atoms with van der Waals surface area (Å²) in [6.45, 7) is 1.30. The molecule has 12 nitrogen and oxygen atoms in total. The van der Waals surface area contributed by atoms with Crippen molar-refractivity contribution in [3.63, 3.8) is 0 Å². The highest BCUT2D eigenvalue weighted by molar-refractivity contribution is 7.15. The lowest BCUT2D eigenvalue weighted by Crippen LogP contribution is -2.52. The van der Waals surface area contributed by atoms with Crippen molar-refractivity contribution in [2.75, 3.05) is 46.9 Å². The van der Waals surface area contributed by atoms with Gasteiger partial charge in [0.15, 0.2) is 0 Å². The molecule has 2 N–H and O–H groups in total. The molecule has 5 rings (SSSR count). The van der Waals surface area contributed by atoms with Crippen molar-refractivity contribution in [3.05, 3.63) is 64.9 Å². The molecular formula is C28H28N6O6S. The number of carbonyl (C=O) groups excluding carboxylic acids is 4. The molecule has 0 aliphatic carbocycles. The number of hydrogen-bond donors (Lipinski definition) is 2. The molecule has 1 aromatic carbocycles. The van der Waals surface area contributed by atoms with Gasteiger partial charge in [0.05, 0.1) is 41.3 Å². The van der Waals surface area contributed by atoms with Gasteiger partial charge in [-0.2, -0.15) is 0 Å². The van der Waals surface area contributed by atoms with E-state index in [1.165, 1.54) is 42.8 Å². The maximum Gasteiger partial charge on any atom is 0.295 e. The summed E-state index contributed by atoms with van der Waals surface area (Å²) in [4.78, 5) is 66.8. The van der Waals surface area contributed by atoms with Crippen molar-refractivity contribution in [2.24, 2.45) is 0 Å². The second-order valence-corrected chi connectivity index (χ2v) is 10.3. The van der Waals surface area contributed by atoms with Gasteiger partial charge in [0.25, 0.3) is 17.6 Å². The van der Waals surface area contributed by atoms with Crippen molar-refractivity contribution in [3.8, 4) is 16.5 Å². The summed E-state index contributed by atoms with van der Waals surface area (Å²) in [7, 11) is 3.00. The number of methoxy groups -OCH3 is 1. The van der Waals surface area contributed by atoms with Crippen LogP contribution in [0, 0.1) is 0 Å². The number of likely N-dealkylation sites (N-methyl/N-ethyl adjacent to an activating group) is 1. The number of hydrogen-bond acceptors (Lipinski definition) is 9. The molecular weight excluding hydrogens is 548 g/mol. The first-order valence-electron chi connectivity index (χ1n) is 12.9. The van der Waals surface area contributed by atoms with Crippen LogP contribution in [0.3, 0.4) is 0 Å². The van der Waals surface area contributed by atoms with E-state index in [4.69, 9.17) is 9.47 Å². The molecule has 1 aliphatic heterocycles. The van der Waals surface area contributed by atoms with Gasteiger partial charge < -0.3 is 29.6 Å². The van der Waals surface area contributed by atoms with E-state index in [1.807, 2.05) is 6.07 Å². The van der Waals surface area contributed by atoms with E-state index in [0.29, 0.717) is 46.0 Å². The molecule has 3 amide bonds. The van der Waals surface area contributed by atoms with E-state index in [9.17, 15) is 19.2 Å². The third-order valence-electron chi connectivity index (χ3n) is 6.72. The summed E-state index contributed by atoms with van der Waals surface area (Å²) < 4.78 is 10.9. The fraction of sp³-hybridized carbons (Fsp3) is 0.286. The third-order valence-corrected chi connectivity index (χ3v) is 7.70. The van der Waals surface area contributed by atoms with Crippen molar-refractivity contribution in [2.45, 2.75) is 6.61 Å². The lowest BCUT2D eigenvalue weighted by molar-refractivity contribution is -0.128. The summed E-state index contributed by atoms with van der Waals surface area (Å²) in [6, 6.07) is 8.97. The second kappa shape index (κ2) is 12.3. The molecule has 1 saturated heterocycles. The number of benzene rings is 1. The predicted octanol–water partition coefficient (Wildman–Crippen LogP) is 2.12.